The first-order valence-corrected chi connectivity index (χ1v) is 8.27. The zero-order valence-corrected chi connectivity index (χ0v) is 14.5. The maximum Gasteiger partial charge on any atom is 0.335 e. The lowest BCUT2D eigenvalue weighted by Gasteiger charge is -2.15. The molecule has 2 rings (SSSR count). The van der Waals surface area contributed by atoms with Gasteiger partial charge in [0.1, 0.15) is 5.75 Å². The Kier molecular flexibility index (Phi) is 6.57. The lowest BCUT2D eigenvalue weighted by Crippen LogP contribution is -2.21. The summed E-state index contributed by atoms with van der Waals surface area (Å²) in [6.45, 7) is 1.89. The van der Waals surface area contributed by atoms with Crippen molar-refractivity contribution in [1.29, 1.82) is 0 Å². The third kappa shape index (κ3) is 5.35. The first-order chi connectivity index (χ1) is 12.0. The van der Waals surface area contributed by atoms with Crippen LogP contribution in [0.2, 0.25) is 0 Å². The Morgan fingerprint density at radius 1 is 1.16 bits per heavy atom. The highest BCUT2D eigenvalue weighted by Gasteiger charge is 2.16. The molecular formula is C20H23NO4. The van der Waals surface area contributed by atoms with Gasteiger partial charge in [-0.2, -0.15) is 0 Å². The van der Waals surface area contributed by atoms with Crippen LogP contribution in [0.25, 0.3) is 0 Å². The van der Waals surface area contributed by atoms with E-state index in [4.69, 9.17) is 9.84 Å². The second-order valence-electron chi connectivity index (χ2n) is 5.99. The van der Waals surface area contributed by atoms with Gasteiger partial charge in [-0.15, -0.1) is 0 Å². The van der Waals surface area contributed by atoms with Crippen molar-refractivity contribution < 1.29 is 19.4 Å². The van der Waals surface area contributed by atoms with Crippen molar-refractivity contribution in [2.24, 2.45) is 5.92 Å². The zero-order chi connectivity index (χ0) is 18.2. The van der Waals surface area contributed by atoms with Gasteiger partial charge in [0.05, 0.1) is 18.4 Å². The fourth-order valence-electron chi connectivity index (χ4n) is 2.57. The molecule has 25 heavy (non-hydrogen) atoms. The molecule has 0 aliphatic carbocycles. The van der Waals surface area contributed by atoms with Crippen LogP contribution >= 0.6 is 0 Å². The molecule has 0 aromatic heterocycles. The third-order valence-corrected chi connectivity index (χ3v) is 4.10. The topological polar surface area (TPSA) is 75.6 Å². The van der Waals surface area contributed by atoms with Crippen LogP contribution < -0.4 is 10.1 Å². The Morgan fingerprint density at radius 3 is 2.52 bits per heavy atom. The molecule has 2 N–H and O–H groups in total. The van der Waals surface area contributed by atoms with Crippen molar-refractivity contribution in [3.05, 3.63) is 59.7 Å². The van der Waals surface area contributed by atoms with E-state index in [1.165, 1.54) is 24.8 Å². The quantitative estimate of drug-likeness (QED) is 0.761. The minimum absolute atomic E-state index is 0.102. The van der Waals surface area contributed by atoms with Gasteiger partial charge >= 0.3 is 5.97 Å². The number of ether oxygens (including phenoxy) is 1. The number of hydrogen-bond acceptors (Lipinski definition) is 3. The molecule has 0 aliphatic heterocycles. The molecule has 0 bridgehead atoms. The standard InChI is InChI=1S/C20H23NO4/c1-14(7-6-10-15-8-4-3-5-9-15)19(22)21-17-12-11-16(20(23)24)13-18(17)25-2/h3-5,8-9,11-14H,6-7,10H2,1-2H3,(H,21,22)(H,23,24). The summed E-state index contributed by atoms with van der Waals surface area (Å²) in [4.78, 5) is 23.4. The van der Waals surface area contributed by atoms with E-state index in [2.05, 4.69) is 17.4 Å². The van der Waals surface area contributed by atoms with E-state index in [1.54, 1.807) is 6.07 Å². The van der Waals surface area contributed by atoms with E-state index in [1.807, 2.05) is 25.1 Å². The predicted octanol–water partition coefficient (Wildman–Crippen LogP) is 3.99. The monoisotopic (exact) mass is 341 g/mol. The van der Waals surface area contributed by atoms with Crippen LogP contribution in [-0.4, -0.2) is 24.1 Å². The lowest BCUT2D eigenvalue weighted by molar-refractivity contribution is -0.119. The Labute approximate surface area is 147 Å². The number of aromatic carboxylic acids is 1. The van der Waals surface area contributed by atoms with Crippen LogP contribution in [0.15, 0.2) is 48.5 Å². The second kappa shape index (κ2) is 8.87. The summed E-state index contributed by atoms with van der Waals surface area (Å²) in [5.74, 6) is -0.947. The fraction of sp³-hybridized carbons (Fsp3) is 0.300. The number of amides is 1. The Morgan fingerprint density at radius 2 is 1.88 bits per heavy atom. The normalized spacial score (nSPS) is 11.6. The number of methoxy groups -OCH3 is 1. The van der Waals surface area contributed by atoms with Crippen molar-refractivity contribution >= 4 is 17.6 Å². The van der Waals surface area contributed by atoms with Crippen molar-refractivity contribution in [2.75, 3.05) is 12.4 Å². The first-order valence-electron chi connectivity index (χ1n) is 8.27. The Balaban J connectivity index is 1.91. The fourth-order valence-corrected chi connectivity index (χ4v) is 2.57. The highest BCUT2D eigenvalue weighted by Crippen LogP contribution is 2.26. The summed E-state index contributed by atoms with van der Waals surface area (Å²) in [5, 5.41) is 11.8. The number of benzene rings is 2. The average Bonchev–Trinajstić information content (AvgIpc) is 2.62. The SMILES string of the molecule is COc1cc(C(=O)O)ccc1NC(=O)C(C)CCCc1ccccc1. The largest absolute Gasteiger partial charge is 0.495 e. The minimum Gasteiger partial charge on any atom is -0.495 e. The molecule has 2 aromatic carbocycles. The molecule has 1 atom stereocenters. The van der Waals surface area contributed by atoms with Crippen LogP contribution in [0.3, 0.4) is 0 Å². The molecular weight excluding hydrogens is 318 g/mol. The molecule has 0 saturated heterocycles. The average molecular weight is 341 g/mol. The second-order valence-corrected chi connectivity index (χ2v) is 5.99. The van der Waals surface area contributed by atoms with Gasteiger partial charge in [0.15, 0.2) is 0 Å². The summed E-state index contributed by atoms with van der Waals surface area (Å²) in [6, 6.07) is 14.6. The smallest absolute Gasteiger partial charge is 0.335 e. The number of carboxylic acids is 1. The molecule has 5 nitrogen and oxygen atoms in total. The number of carbonyl (C=O) groups is 2. The molecule has 1 unspecified atom stereocenters. The Hall–Kier alpha value is -2.82. The maximum atomic E-state index is 12.4. The zero-order valence-electron chi connectivity index (χ0n) is 14.5. The van der Waals surface area contributed by atoms with Crippen molar-refractivity contribution in [3.8, 4) is 5.75 Å². The van der Waals surface area contributed by atoms with E-state index in [9.17, 15) is 9.59 Å². The molecule has 0 spiro atoms. The Bertz CT molecular complexity index is 728. The number of carboxylic acid groups (broad SMARTS) is 1. The van der Waals surface area contributed by atoms with Crippen molar-refractivity contribution in [2.45, 2.75) is 26.2 Å². The lowest BCUT2D eigenvalue weighted by atomic mass is 10.00. The van der Waals surface area contributed by atoms with Gasteiger partial charge in [-0.05, 0) is 43.0 Å². The number of hydrogen-bond donors (Lipinski definition) is 2. The van der Waals surface area contributed by atoms with E-state index in [0.717, 1.165) is 19.3 Å². The van der Waals surface area contributed by atoms with Crippen LogP contribution in [0.5, 0.6) is 5.75 Å². The molecule has 1 amide bonds. The molecule has 2 aromatic rings. The summed E-state index contributed by atoms with van der Waals surface area (Å²) < 4.78 is 5.18. The van der Waals surface area contributed by atoms with Gasteiger partial charge in [-0.25, -0.2) is 4.79 Å². The molecule has 5 heteroatoms. The third-order valence-electron chi connectivity index (χ3n) is 4.10. The highest BCUT2D eigenvalue weighted by atomic mass is 16.5. The predicted molar refractivity (Wildman–Crippen MR) is 97.1 cm³/mol. The summed E-state index contributed by atoms with van der Waals surface area (Å²) >= 11 is 0. The molecule has 0 fully saturated rings. The van der Waals surface area contributed by atoms with Gasteiger partial charge in [-0.1, -0.05) is 37.3 Å². The molecule has 0 radical (unpaired) electrons. The summed E-state index contributed by atoms with van der Waals surface area (Å²) in [5.41, 5.74) is 1.86. The number of nitrogens with one attached hydrogen (secondary N) is 1. The number of anilines is 1. The number of aryl methyl sites for hydroxylation is 1. The van der Waals surface area contributed by atoms with Gasteiger partial charge in [0.2, 0.25) is 5.91 Å². The van der Waals surface area contributed by atoms with Gasteiger partial charge < -0.3 is 15.2 Å². The minimum atomic E-state index is -1.04. The van der Waals surface area contributed by atoms with Crippen LogP contribution in [0.1, 0.15) is 35.7 Å². The van der Waals surface area contributed by atoms with Crippen LogP contribution in [0.4, 0.5) is 5.69 Å². The van der Waals surface area contributed by atoms with Gasteiger partial charge in [-0.3, -0.25) is 4.79 Å². The summed E-state index contributed by atoms with van der Waals surface area (Å²) in [6.07, 6.45) is 2.64. The van der Waals surface area contributed by atoms with Gasteiger partial charge in [0.25, 0.3) is 0 Å². The van der Waals surface area contributed by atoms with E-state index in [-0.39, 0.29) is 17.4 Å². The first kappa shape index (κ1) is 18.5. The highest BCUT2D eigenvalue weighted by molar-refractivity contribution is 5.95. The van der Waals surface area contributed by atoms with Crippen molar-refractivity contribution in [3.63, 3.8) is 0 Å². The molecule has 0 saturated carbocycles. The molecule has 0 aliphatic rings. The number of rotatable bonds is 8. The summed E-state index contributed by atoms with van der Waals surface area (Å²) in [7, 11) is 1.44. The molecule has 132 valence electrons. The maximum absolute atomic E-state index is 12.4. The van der Waals surface area contributed by atoms with Crippen LogP contribution in [0, 0.1) is 5.92 Å². The van der Waals surface area contributed by atoms with E-state index >= 15 is 0 Å². The van der Waals surface area contributed by atoms with E-state index < -0.39 is 5.97 Å². The number of carbonyl (C=O) groups excluding carboxylic acids is 1. The van der Waals surface area contributed by atoms with E-state index in [0.29, 0.717) is 11.4 Å². The van der Waals surface area contributed by atoms with Gasteiger partial charge in [0, 0.05) is 5.92 Å². The molecule has 0 heterocycles. The van der Waals surface area contributed by atoms with Crippen molar-refractivity contribution in [1.82, 2.24) is 0 Å². The van der Waals surface area contributed by atoms with Crippen LogP contribution in [-0.2, 0) is 11.2 Å².